The van der Waals surface area contributed by atoms with E-state index in [9.17, 15) is 0 Å². The Morgan fingerprint density at radius 1 is 0.588 bits per heavy atom. The summed E-state index contributed by atoms with van der Waals surface area (Å²) in [5.41, 5.74) is 0. The molecule has 0 radical (unpaired) electrons. The molecule has 2 heteroatoms. The summed E-state index contributed by atoms with van der Waals surface area (Å²) >= 11 is 3.47. The van der Waals surface area contributed by atoms with Crippen LogP contribution in [0.4, 0.5) is 0 Å². The average Bonchev–Trinajstić information content (AvgIpc) is 2.35. The number of nitrogens with zero attached hydrogens (tertiary/aromatic N) is 1. The molecule has 0 aliphatic carbocycles. The SMILES string of the molecule is N#CCCCCCCCCCCCCCCBr. The number of unbranched alkanes of at least 4 members (excludes halogenated alkanes) is 12. The molecule has 0 spiro atoms. The Morgan fingerprint density at radius 2 is 0.941 bits per heavy atom. The molecule has 0 N–H and O–H groups in total. The van der Waals surface area contributed by atoms with E-state index in [4.69, 9.17) is 5.26 Å². The molecule has 0 unspecified atom stereocenters. The van der Waals surface area contributed by atoms with E-state index in [1.165, 1.54) is 76.0 Å². The van der Waals surface area contributed by atoms with Crippen molar-refractivity contribution in [3.63, 3.8) is 0 Å². The summed E-state index contributed by atoms with van der Waals surface area (Å²) < 4.78 is 0. The van der Waals surface area contributed by atoms with Crippen molar-refractivity contribution in [2.24, 2.45) is 0 Å². The van der Waals surface area contributed by atoms with Crippen LogP contribution in [0.1, 0.15) is 83.5 Å². The number of nitriles is 1. The van der Waals surface area contributed by atoms with E-state index >= 15 is 0 Å². The van der Waals surface area contributed by atoms with E-state index in [-0.39, 0.29) is 0 Å². The van der Waals surface area contributed by atoms with Gasteiger partial charge in [-0.05, 0) is 12.8 Å². The van der Waals surface area contributed by atoms with Gasteiger partial charge in [-0.15, -0.1) is 0 Å². The second-order valence-corrected chi connectivity index (χ2v) is 5.63. The van der Waals surface area contributed by atoms with Crippen LogP contribution in [0.5, 0.6) is 0 Å². The van der Waals surface area contributed by atoms with Crippen molar-refractivity contribution in [3.05, 3.63) is 0 Å². The van der Waals surface area contributed by atoms with E-state index in [1.54, 1.807) is 0 Å². The van der Waals surface area contributed by atoms with Crippen LogP contribution < -0.4 is 0 Å². The lowest BCUT2D eigenvalue weighted by Crippen LogP contribution is -1.83. The first kappa shape index (κ1) is 17.0. The van der Waals surface area contributed by atoms with Crippen molar-refractivity contribution in [2.45, 2.75) is 83.5 Å². The van der Waals surface area contributed by atoms with Gasteiger partial charge in [0.05, 0.1) is 6.07 Å². The monoisotopic (exact) mass is 301 g/mol. The maximum atomic E-state index is 8.39. The Kier molecular flexibility index (Phi) is 15.9. The van der Waals surface area contributed by atoms with Gasteiger partial charge in [0.25, 0.3) is 0 Å². The van der Waals surface area contributed by atoms with Crippen molar-refractivity contribution >= 4 is 15.9 Å². The fourth-order valence-electron chi connectivity index (χ4n) is 2.07. The quantitative estimate of drug-likeness (QED) is 0.303. The molecular weight excluding hydrogens is 274 g/mol. The molecule has 0 aliphatic heterocycles. The molecular formula is C15H28BrN. The predicted octanol–water partition coefficient (Wildman–Crippen LogP) is 5.98. The van der Waals surface area contributed by atoms with Crippen molar-refractivity contribution in [2.75, 3.05) is 5.33 Å². The van der Waals surface area contributed by atoms with Gasteiger partial charge in [-0.3, -0.25) is 0 Å². The fraction of sp³-hybridized carbons (Fsp3) is 0.933. The molecule has 17 heavy (non-hydrogen) atoms. The second kappa shape index (κ2) is 16.0. The zero-order valence-corrected chi connectivity index (χ0v) is 12.8. The topological polar surface area (TPSA) is 23.8 Å². The van der Waals surface area contributed by atoms with Gasteiger partial charge in [0.2, 0.25) is 0 Å². The molecule has 0 saturated carbocycles. The Balaban J connectivity index is 2.87. The number of hydrogen-bond donors (Lipinski definition) is 0. The average molecular weight is 302 g/mol. The molecule has 0 amide bonds. The van der Waals surface area contributed by atoms with Gasteiger partial charge in [-0.2, -0.15) is 5.26 Å². The zero-order chi connectivity index (χ0) is 12.6. The van der Waals surface area contributed by atoms with Crippen molar-refractivity contribution in [1.29, 1.82) is 5.26 Å². The summed E-state index contributed by atoms with van der Waals surface area (Å²) in [6, 6.07) is 2.20. The summed E-state index contributed by atoms with van der Waals surface area (Å²) in [7, 11) is 0. The van der Waals surface area contributed by atoms with E-state index in [0.717, 1.165) is 12.8 Å². The lowest BCUT2D eigenvalue weighted by Gasteiger charge is -2.02. The molecule has 0 heterocycles. The van der Waals surface area contributed by atoms with E-state index in [1.807, 2.05) is 0 Å². The zero-order valence-electron chi connectivity index (χ0n) is 11.2. The van der Waals surface area contributed by atoms with Gasteiger partial charge in [0.1, 0.15) is 0 Å². The van der Waals surface area contributed by atoms with Gasteiger partial charge in [0, 0.05) is 11.8 Å². The summed E-state index contributed by atoms with van der Waals surface area (Å²) in [5.74, 6) is 0. The minimum absolute atomic E-state index is 0.744. The number of alkyl halides is 1. The highest BCUT2D eigenvalue weighted by atomic mass is 79.9. The minimum atomic E-state index is 0.744. The standard InChI is InChI=1S/C15H28BrN/c16-14-12-10-8-6-4-2-1-3-5-7-9-11-13-15-17/h1-14H2. The number of hydrogen-bond acceptors (Lipinski definition) is 1. The second-order valence-electron chi connectivity index (χ2n) is 4.84. The van der Waals surface area contributed by atoms with Gasteiger partial charge in [-0.1, -0.05) is 80.1 Å². The largest absolute Gasteiger partial charge is 0.198 e. The summed E-state index contributed by atoms with van der Waals surface area (Å²) in [4.78, 5) is 0. The predicted molar refractivity (Wildman–Crippen MR) is 79.4 cm³/mol. The first-order valence-electron chi connectivity index (χ1n) is 7.34. The molecule has 0 aromatic carbocycles. The Hall–Kier alpha value is -0.0300. The lowest BCUT2D eigenvalue weighted by molar-refractivity contribution is 0.546. The first-order chi connectivity index (χ1) is 8.41. The van der Waals surface area contributed by atoms with E-state index in [0.29, 0.717) is 0 Å². The third-order valence-electron chi connectivity index (χ3n) is 3.17. The smallest absolute Gasteiger partial charge is 0.0621 e. The van der Waals surface area contributed by atoms with Crippen LogP contribution in [0.15, 0.2) is 0 Å². The summed E-state index contributed by atoms with van der Waals surface area (Å²) in [6.45, 7) is 0. The van der Waals surface area contributed by atoms with Crippen molar-refractivity contribution < 1.29 is 0 Å². The minimum Gasteiger partial charge on any atom is -0.198 e. The van der Waals surface area contributed by atoms with Crippen LogP contribution in [-0.2, 0) is 0 Å². The third-order valence-corrected chi connectivity index (χ3v) is 3.73. The van der Waals surface area contributed by atoms with E-state index in [2.05, 4.69) is 22.0 Å². The lowest BCUT2D eigenvalue weighted by atomic mass is 10.0. The van der Waals surface area contributed by atoms with Crippen LogP contribution in [0.3, 0.4) is 0 Å². The molecule has 0 aromatic heterocycles. The highest BCUT2D eigenvalue weighted by Gasteiger charge is 1.93. The van der Waals surface area contributed by atoms with Gasteiger partial charge in [-0.25, -0.2) is 0 Å². The molecule has 0 atom stereocenters. The Morgan fingerprint density at radius 3 is 1.29 bits per heavy atom. The van der Waals surface area contributed by atoms with Crippen LogP contribution in [0.25, 0.3) is 0 Å². The maximum absolute atomic E-state index is 8.39. The molecule has 0 bridgehead atoms. The van der Waals surface area contributed by atoms with Crippen LogP contribution in [0.2, 0.25) is 0 Å². The molecule has 0 rings (SSSR count). The summed E-state index contributed by atoms with van der Waals surface area (Å²) in [6.07, 6.45) is 17.0. The highest BCUT2D eigenvalue weighted by Crippen LogP contribution is 2.12. The molecule has 0 saturated heterocycles. The Bertz CT molecular complexity index is 174. The van der Waals surface area contributed by atoms with Crippen molar-refractivity contribution in [1.82, 2.24) is 0 Å². The Labute approximate surface area is 116 Å². The fourth-order valence-corrected chi connectivity index (χ4v) is 2.46. The molecule has 100 valence electrons. The summed E-state index contributed by atoms with van der Waals surface area (Å²) in [5, 5.41) is 9.56. The van der Waals surface area contributed by atoms with Gasteiger partial charge < -0.3 is 0 Å². The molecule has 0 aromatic rings. The van der Waals surface area contributed by atoms with Gasteiger partial charge >= 0.3 is 0 Å². The van der Waals surface area contributed by atoms with Crippen molar-refractivity contribution in [3.8, 4) is 6.07 Å². The van der Waals surface area contributed by atoms with E-state index < -0.39 is 0 Å². The number of rotatable bonds is 13. The molecule has 0 fully saturated rings. The van der Waals surface area contributed by atoms with Crippen LogP contribution in [0, 0.1) is 11.3 Å². The maximum Gasteiger partial charge on any atom is 0.0621 e. The normalized spacial score (nSPS) is 10.4. The van der Waals surface area contributed by atoms with Gasteiger partial charge in [0.15, 0.2) is 0 Å². The highest BCUT2D eigenvalue weighted by molar-refractivity contribution is 9.09. The van der Waals surface area contributed by atoms with Crippen LogP contribution in [-0.4, -0.2) is 5.33 Å². The van der Waals surface area contributed by atoms with Crippen LogP contribution >= 0.6 is 15.9 Å². The molecule has 0 aliphatic rings. The molecule has 1 nitrogen and oxygen atoms in total. The third kappa shape index (κ3) is 16.0. The number of halogens is 1. The first-order valence-corrected chi connectivity index (χ1v) is 8.47.